The third-order valence-electron chi connectivity index (χ3n) is 2.30. The smallest absolute Gasteiger partial charge is 0.348 e. The van der Waals surface area contributed by atoms with Crippen LogP contribution >= 0.6 is 22.6 Å². The maximum atomic E-state index is 11.7. The van der Waals surface area contributed by atoms with Gasteiger partial charge in [-0.1, -0.05) is 12.1 Å². The predicted molar refractivity (Wildman–Crippen MR) is 73.4 cm³/mol. The Bertz CT molecular complexity index is 506. The molecular formula is C13H11IO4. The molecule has 1 aromatic carbocycles. The van der Waals surface area contributed by atoms with Crippen molar-refractivity contribution in [3.63, 3.8) is 0 Å². The van der Waals surface area contributed by atoms with E-state index in [4.69, 9.17) is 9.47 Å². The van der Waals surface area contributed by atoms with Crippen molar-refractivity contribution in [2.75, 3.05) is 0 Å². The molecule has 1 fully saturated rings. The molecule has 0 spiro atoms. The van der Waals surface area contributed by atoms with Crippen molar-refractivity contribution < 1.29 is 19.1 Å². The Balaban J connectivity index is 2.30. The quantitative estimate of drug-likeness (QED) is 0.335. The molecule has 4 nitrogen and oxygen atoms in total. The van der Waals surface area contributed by atoms with Gasteiger partial charge in [-0.25, -0.2) is 9.59 Å². The second kappa shape index (κ2) is 4.72. The number of cyclic esters (lactones) is 2. The summed E-state index contributed by atoms with van der Waals surface area (Å²) in [6.07, 6.45) is 1.47. The van der Waals surface area contributed by atoms with Crippen molar-refractivity contribution in [1.82, 2.24) is 0 Å². The van der Waals surface area contributed by atoms with E-state index in [0.717, 1.165) is 9.13 Å². The van der Waals surface area contributed by atoms with Crippen LogP contribution in [0.5, 0.6) is 0 Å². The number of ether oxygens (including phenoxy) is 2. The standard InChI is InChI=1S/C13H11IO4/c1-13(2)17-11(15)10(12(16)18-13)7-8-3-5-9(14)6-4-8/h3-7H,1-2H3. The van der Waals surface area contributed by atoms with Gasteiger partial charge in [0.05, 0.1) is 0 Å². The van der Waals surface area contributed by atoms with E-state index in [1.54, 1.807) is 0 Å². The molecule has 1 heterocycles. The van der Waals surface area contributed by atoms with Gasteiger partial charge < -0.3 is 9.47 Å². The summed E-state index contributed by atoms with van der Waals surface area (Å²) in [6, 6.07) is 7.40. The Morgan fingerprint density at radius 1 is 1.06 bits per heavy atom. The minimum atomic E-state index is -1.20. The van der Waals surface area contributed by atoms with E-state index in [1.807, 2.05) is 24.3 Å². The highest BCUT2D eigenvalue weighted by molar-refractivity contribution is 14.1. The van der Waals surface area contributed by atoms with Gasteiger partial charge >= 0.3 is 11.9 Å². The van der Waals surface area contributed by atoms with Crippen molar-refractivity contribution in [2.24, 2.45) is 0 Å². The monoisotopic (exact) mass is 358 g/mol. The molecule has 1 saturated heterocycles. The topological polar surface area (TPSA) is 52.6 Å². The number of esters is 2. The molecule has 1 aliphatic rings. The highest BCUT2D eigenvalue weighted by atomic mass is 127. The first-order valence-corrected chi connectivity index (χ1v) is 6.39. The Morgan fingerprint density at radius 2 is 1.56 bits per heavy atom. The van der Waals surface area contributed by atoms with E-state index in [2.05, 4.69) is 22.6 Å². The molecule has 0 amide bonds. The van der Waals surface area contributed by atoms with Crippen molar-refractivity contribution in [2.45, 2.75) is 19.6 Å². The fraction of sp³-hybridized carbons (Fsp3) is 0.231. The van der Waals surface area contributed by atoms with E-state index in [-0.39, 0.29) is 5.57 Å². The number of hydrogen-bond acceptors (Lipinski definition) is 4. The minimum Gasteiger partial charge on any atom is -0.419 e. The molecule has 0 aromatic heterocycles. The van der Waals surface area contributed by atoms with Crippen LogP contribution in [0.1, 0.15) is 19.4 Å². The summed E-state index contributed by atoms with van der Waals surface area (Å²) < 4.78 is 11.1. The second-order valence-corrected chi connectivity index (χ2v) is 5.53. The summed E-state index contributed by atoms with van der Waals surface area (Å²) in [7, 11) is 0. The summed E-state index contributed by atoms with van der Waals surface area (Å²) >= 11 is 2.18. The van der Waals surface area contributed by atoms with Gasteiger partial charge in [0.25, 0.3) is 5.79 Å². The van der Waals surface area contributed by atoms with Gasteiger partial charge in [0, 0.05) is 17.4 Å². The van der Waals surface area contributed by atoms with E-state index in [9.17, 15) is 9.59 Å². The molecule has 0 aliphatic carbocycles. The van der Waals surface area contributed by atoms with Gasteiger partial charge in [0.1, 0.15) is 5.57 Å². The van der Waals surface area contributed by atoms with Crippen LogP contribution in [-0.2, 0) is 19.1 Å². The predicted octanol–water partition coefficient (Wildman–Crippen LogP) is 2.51. The van der Waals surface area contributed by atoms with E-state index in [0.29, 0.717) is 0 Å². The van der Waals surface area contributed by atoms with Gasteiger partial charge in [-0.15, -0.1) is 0 Å². The molecule has 1 aliphatic heterocycles. The fourth-order valence-electron chi connectivity index (χ4n) is 1.50. The van der Waals surface area contributed by atoms with Crippen LogP contribution in [0, 0.1) is 3.57 Å². The molecular weight excluding hydrogens is 347 g/mol. The number of hydrogen-bond donors (Lipinski definition) is 0. The average molecular weight is 358 g/mol. The number of carbonyl (C=O) groups excluding carboxylic acids is 2. The lowest BCUT2D eigenvalue weighted by Gasteiger charge is -2.29. The largest absolute Gasteiger partial charge is 0.419 e. The van der Waals surface area contributed by atoms with Crippen LogP contribution in [0.3, 0.4) is 0 Å². The van der Waals surface area contributed by atoms with E-state index >= 15 is 0 Å². The van der Waals surface area contributed by atoms with Crippen molar-refractivity contribution >= 4 is 40.6 Å². The van der Waals surface area contributed by atoms with Crippen LogP contribution in [0.15, 0.2) is 29.8 Å². The summed E-state index contributed by atoms with van der Waals surface area (Å²) in [5.74, 6) is -2.51. The molecule has 0 radical (unpaired) electrons. The summed E-state index contributed by atoms with van der Waals surface area (Å²) in [5, 5.41) is 0. The first-order valence-electron chi connectivity index (χ1n) is 5.31. The minimum absolute atomic E-state index is 0.0875. The van der Waals surface area contributed by atoms with E-state index in [1.165, 1.54) is 19.9 Å². The maximum absolute atomic E-state index is 11.7. The molecule has 0 saturated carbocycles. The van der Waals surface area contributed by atoms with Crippen molar-refractivity contribution in [3.05, 3.63) is 39.0 Å². The first-order chi connectivity index (χ1) is 8.37. The van der Waals surface area contributed by atoms with Gasteiger partial charge in [0.15, 0.2) is 0 Å². The summed E-state index contributed by atoms with van der Waals surface area (Å²) in [5.41, 5.74) is 0.662. The lowest BCUT2D eigenvalue weighted by atomic mass is 10.1. The fourth-order valence-corrected chi connectivity index (χ4v) is 1.86. The zero-order valence-electron chi connectivity index (χ0n) is 9.90. The number of rotatable bonds is 1. The maximum Gasteiger partial charge on any atom is 0.348 e. The van der Waals surface area contributed by atoms with Crippen LogP contribution in [0.2, 0.25) is 0 Å². The number of carbonyl (C=O) groups is 2. The van der Waals surface area contributed by atoms with Gasteiger partial charge in [0.2, 0.25) is 0 Å². The number of benzene rings is 1. The molecule has 2 rings (SSSR count). The van der Waals surface area contributed by atoms with E-state index < -0.39 is 17.7 Å². The third-order valence-corrected chi connectivity index (χ3v) is 3.02. The highest BCUT2D eigenvalue weighted by Crippen LogP contribution is 2.24. The third kappa shape index (κ3) is 2.90. The molecule has 0 atom stereocenters. The molecule has 0 N–H and O–H groups in total. The van der Waals surface area contributed by atoms with Crippen LogP contribution < -0.4 is 0 Å². The summed E-state index contributed by atoms with van der Waals surface area (Å²) in [6.45, 7) is 3.04. The van der Waals surface area contributed by atoms with Crippen LogP contribution in [0.4, 0.5) is 0 Å². The average Bonchev–Trinajstić information content (AvgIpc) is 2.24. The Morgan fingerprint density at radius 3 is 2.06 bits per heavy atom. The SMILES string of the molecule is CC1(C)OC(=O)C(=Cc2ccc(I)cc2)C(=O)O1. The van der Waals surface area contributed by atoms with Gasteiger partial charge in [-0.3, -0.25) is 0 Å². The Kier molecular flexibility index (Phi) is 3.43. The zero-order chi connectivity index (χ0) is 13.3. The summed E-state index contributed by atoms with van der Waals surface area (Å²) in [4.78, 5) is 23.4. The lowest BCUT2D eigenvalue weighted by Crippen LogP contribution is -2.41. The molecule has 18 heavy (non-hydrogen) atoms. The normalized spacial score (nSPS) is 18.1. The molecule has 5 heteroatoms. The molecule has 94 valence electrons. The van der Waals surface area contributed by atoms with Crippen LogP contribution in [-0.4, -0.2) is 17.7 Å². The lowest BCUT2D eigenvalue weighted by molar-refractivity contribution is -0.222. The Labute approximate surface area is 118 Å². The molecule has 1 aromatic rings. The highest BCUT2D eigenvalue weighted by Gasteiger charge is 2.38. The molecule has 0 bridgehead atoms. The Hall–Kier alpha value is -1.37. The van der Waals surface area contributed by atoms with Gasteiger partial charge in [-0.2, -0.15) is 0 Å². The second-order valence-electron chi connectivity index (χ2n) is 4.29. The zero-order valence-corrected chi connectivity index (χ0v) is 12.1. The van der Waals surface area contributed by atoms with Crippen molar-refractivity contribution in [3.8, 4) is 0 Å². The first kappa shape index (κ1) is 13.1. The van der Waals surface area contributed by atoms with Crippen LogP contribution in [0.25, 0.3) is 6.08 Å². The molecule has 0 unspecified atom stereocenters. The van der Waals surface area contributed by atoms with Crippen molar-refractivity contribution in [1.29, 1.82) is 0 Å². The van der Waals surface area contributed by atoms with Gasteiger partial charge in [-0.05, 0) is 46.4 Å². The number of halogens is 1.